The number of methoxy groups -OCH3 is 1. The van der Waals surface area contributed by atoms with Crippen LogP contribution >= 0.6 is 0 Å². The Morgan fingerprint density at radius 1 is 1.32 bits per heavy atom. The second-order valence-corrected chi connectivity index (χ2v) is 6.64. The molecule has 0 aromatic heterocycles. The minimum Gasteiger partial charge on any atom is -0.496 e. The van der Waals surface area contributed by atoms with E-state index < -0.39 is 17.6 Å². The zero-order valence-corrected chi connectivity index (χ0v) is 15.2. The Morgan fingerprint density at radius 2 is 1.96 bits per heavy atom. The van der Waals surface area contributed by atoms with Crippen molar-refractivity contribution in [3.8, 4) is 5.75 Å². The molecule has 1 aliphatic heterocycles. The van der Waals surface area contributed by atoms with Gasteiger partial charge in [0.25, 0.3) is 5.91 Å². The molecule has 1 aliphatic rings. The number of hydrogen-bond acceptors (Lipinski definition) is 5. The van der Waals surface area contributed by atoms with Gasteiger partial charge in [-0.15, -0.1) is 0 Å². The van der Waals surface area contributed by atoms with E-state index >= 15 is 0 Å². The molecule has 1 fully saturated rings. The van der Waals surface area contributed by atoms with Crippen LogP contribution in [0.4, 0.5) is 4.79 Å². The Balaban J connectivity index is 2.02. The van der Waals surface area contributed by atoms with Crippen molar-refractivity contribution in [2.75, 3.05) is 20.7 Å². The van der Waals surface area contributed by atoms with Crippen molar-refractivity contribution in [2.45, 2.75) is 38.8 Å². The smallest absolute Gasteiger partial charge is 0.418 e. The minimum absolute atomic E-state index is 0.134. The summed E-state index contributed by atoms with van der Waals surface area (Å²) in [7, 11) is 3.25. The van der Waals surface area contributed by atoms with Gasteiger partial charge in [-0.2, -0.15) is 0 Å². The number of imide groups is 1. The fraction of sp³-hybridized carbons (Fsp3) is 0.500. The average Bonchev–Trinajstić information content (AvgIpc) is 2.76. The highest BCUT2D eigenvalue weighted by Crippen LogP contribution is 2.24. The first-order chi connectivity index (χ1) is 11.7. The predicted molar refractivity (Wildman–Crippen MR) is 91.2 cm³/mol. The normalized spacial score (nSPS) is 17.2. The van der Waals surface area contributed by atoms with Crippen molar-refractivity contribution in [2.24, 2.45) is 0 Å². The topological polar surface area (TPSA) is 76.2 Å². The standard InChI is InChI=1S/C18H24N2O5/c1-12(10-13-8-6-7-9-14(13)24-5)19(4)15(21)11-20-16(22)18(2,3)25-17(20)23/h6-9,12H,10-11H2,1-5H3. The van der Waals surface area contributed by atoms with Crippen LogP contribution in [0.3, 0.4) is 0 Å². The molecule has 0 aliphatic carbocycles. The average molecular weight is 348 g/mol. The van der Waals surface area contributed by atoms with Crippen molar-refractivity contribution in [3.63, 3.8) is 0 Å². The van der Waals surface area contributed by atoms with Gasteiger partial charge < -0.3 is 14.4 Å². The van der Waals surface area contributed by atoms with Gasteiger partial charge in [-0.05, 0) is 38.8 Å². The maximum absolute atomic E-state index is 12.5. The SMILES string of the molecule is COc1ccccc1CC(C)N(C)C(=O)CN1C(=O)OC(C)(C)C1=O. The molecule has 0 bridgehead atoms. The van der Waals surface area contributed by atoms with E-state index in [1.165, 1.54) is 18.7 Å². The van der Waals surface area contributed by atoms with Crippen molar-refractivity contribution in [1.29, 1.82) is 0 Å². The molecule has 7 heteroatoms. The van der Waals surface area contributed by atoms with Crippen molar-refractivity contribution < 1.29 is 23.9 Å². The van der Waals surface area contributed by atoms with Crippen LogP contribution in [-0.4, -0.2) is 60.1 Å². The lowest BCUT2D eigenvalue weighted by Gasteiger charge is -2.27. The highest BCUT2D eigenvalue weighted by molar-refractivity contribution is 6.04. The summed E-state index contributed by atoms with van der Waals surface area (Å²) in [6.45, 7) is 4.59. The molecule has 1 aromatic rings. The Bertz CT molecular complexity index is 686. The summed E-state index contributed by atoms with van der Waals surface area (Å²) < 4.78 is 10.3. The van der Waals surface area contributed by atoms with Gasteiger partial charge >= 0.3 is 6.09 Å². The van der Waals surface area contributed by atoms with Crippen molar-refractivity contribution >= 4 is 17.9 Å². The number of hydrogen-bond donors (Lipinski definition) is 0. The van der Waals surface area contributed by atoms with E-state index in [1.54, 1.807) is 14.2 Å². The lowest BCUT2D eigenvalue weighted by Crippen LogP contribution is -2.46. The fourth-order valence-corrected chi connectivity index (χ4v) is 2.68. The number of carbonyl (C=O) groups excluding carboxylic acids is 3. The van der Waals surface area contributed by atoms with E-state index in [9.17, 15) is 14.4 Å². The fourth-order valence-electron chi connectivity index (χ4n) is 2.68. The number of ether oxygens (including phenoxy) is 2. The van der Waals surface area contributed by atoms with E-state index in [0.717, 1.165) is 16.2 Å². The summed E-state index contributed by atoms with van der Waals surface area (Å²) in [5, 5.41) is 0. The molecule has 25 heavy (non-hydrogen) atoms. The first-order valence-corrected chi connectivity index (χ1v) is 8.10. The largest absolute Gasteiger partial charge is 0.496 e. The molecule has 1 atom stereocenters. The van der Waals surface area contributed by atoms with Crippen LogP contribution in [0.25, 0.3) is 0 Å². The summed E-state index contributed by atoms with van der Waals surface area (Å²) in [6, 6.07) is 7.47. The molecule has 3 amide bonds. The second kappa shape index (κ2) is 7.13. The second-order valence-electron chi connectivity index (χ2n) is 6.64. The molecule has 1 saturated heterocycles. The van der Waals surface area contributed by atoms with Crippen LogP contribution in [0.5, 0.6) is 5.75 Å². The quantitative estimate of drug-likeness (QED) is 0.784. The third-order valence-electron chi connectivity index (χ3n) is 4.38. The van der Waals surface area contributed by atoms with Crippen LogP contribution in [0.15, 0.2) is 24.3 Å². The van der Waals surface area contributed by atoms with Gasteiger partial charge in [0.05, 0.1) is 7.11 Å². The molecule has 2 rings (SSSR count). The highest BCUT2D eigenvalue weighted by atomic mass is 16.6. The zero-order chi connectivity index (χ0) is 18.8. The monoisotopic (exact) mass is 348 g/mol. The third-order valence-corrected chi connectivity index (χ3v) is 4.38. The van der Waals surface area contributed by atoms with E-state index in [0.29, 0.717) is 6.42 Å². The molecule has 1 heterocycles. The molecule has 0 N–H and O–H groups in total. The molecule has 136 valence electrons. The summed E-state index contributed by atoms with van der Waals surface area (Å²) in [6.07, 6.45) is -0.190. The maximum Gasteiger partial charge on any atom is 0.418 e. The number of benzene rings is 1. The maximum atomic E-state index is 12.5. The predicted octanol–water partition coefficient (Wildman–Crippen LogP) is 1.84. The summed E-state index contributed by atoms with van der Waals surface area (Å²) in [5.74, 6) is -0.0720. The van der Waals surface area contributed by atoms with Crippen molar-refractivity contribution in [1.82, 2.24) is 9.80 Å². The number of nitrogens with zero attached hydrogens (tertiary/aromatic N) is 2. The van der Waals surface area contributed by atoms with E-state index in [-0.39, 0.29) is 18.5 Å². The van der Waals surface area contributed by atoms with Crippen LogP contribution in [0, 0.1) is 0 Å². The summed E-state index contributed by atoms with van der Waals surface area (Å²) >= 11 is 0. The lowest BCUT2D eigenvalue weighted by atomic mass is 10.0. The molecule has 1 unspecified atom stereocenters. The molecular weight excluding hydrogens is 324 g/mol. The Kier molecular flexibility index (Phi) is 5.35. The first kappa shape index (κ1) is 18.8. The number of cyclic esters (lactones) is 1. The summed E-state index contributed by atoms with van der Waals surface area (Å²) in [5.41, 5.74) is -0.242. The van der Waals surface area contributed by atoms with Gasteiger partial charge in [-0.25, -0.2) is 9.69 Å². The van der Waals surface area contributed by atoms with Gasteiger partial charge in [0.2, 0.25) is 5.91 Å². The Morgan fingerprint density at radius 3 is 2.52 bits per heavy atom. The van der Waals surface area contributed by atoms with Gasteiger partial charge in [-0.3, -0.25) is 9.59 Å². The Labute approximate surface area is 147 Å². The number of para-hydroxylation sites is 1. The molecule has 0 spiro atoms. The molecular formula is C18H24N2O5. The Hall–Kier alpha value is -2.57. The van der Waals surface area contributed by atoms with Crippen LogP contribution in [0.2, 0.25) is 0 Å². The zero-order valence-electron chi connectivity index (χ0n) is 15.2. The van der Waals surface area contributed by atoms with E-state index in [1.807, 2.05) is 31.2 Å². The van der Waals surface area contributed by atoms with Gasteiger partial charge in [0.1, 0.15) is 12.3 Å². The van der Waals surface area contributed by atoms with E-state index in [4.69, 9.17) is 9.47 Å². The van der Waals surface area contributed by atoms with Gasteiger partial charge in [0, 0.05) is 13.1 Å². The van der Waals surface area contributed by atoms with Gasteiger partial charge in [-0.1, -0.05) is 18.2 Å². The number of likely N-dealkylation sites (N-methyl/N-ethyl adjacent to an activating group) is 1. The van der Waals surface area contributed by atoms with Crippen LogP contribution in [-0.2, 0) is 20.7 Å². The lowest BCUT2D eigenvalue weighted by molar-refractivity contribution is -0.140. The number of rotatable bonds is 6. The molecule has 0 saturated carbocycles. The van der Waals surface area contributed by atoms with Crippen molar-refractivity contribution in [3.05, 3.63) is 29.8 Å². The molecule has 7 nitrogen and oxygen atoms in total. The third kappa shape index (κ3) is 3.92. The summed E-state index contributed by atoms with van der Waals surface area (Å²) in [4.78, 5) is 38.8. The van der Waals surface area contributed by atoms with E-state index in [2.05, 4.69) is 0 Å². The first-order valence-electron chi connectivity index (χ1n) is 8.10. The molecule has 1 aromatic carbocycles. The highest BCUT2D eigenvalue weighted by Gasteiger charge is 2.47. The molecule has 0 radical (unpaired) electrons. The van der Waals surface area contributed by atoms with Crippen LogP contribution < -0.4 is 4.74 Å². The minimum atomic E-state index is -1.22. The van der Waals surface area contributed by atoms with Crippen LogP contribution in [0.1, 0.15) is 26.3 Å². The number of carbonyl (C=O) groups is 3. The van der Waals surface area contributed by atoms with Gasteiger partial charge in [0.15, 0.2) is 5.60 Å². The number of amides is 3.